The first kappa shape index (κ1) is 21.0. The van der Waals surface area contributed by atoms with Crippen LogP contribution in [0.15, 0.2) is 83.7 Å². The average molecular weight is 488 g/mol. The van der Waals surface area contributed by atoms with Gasteiger partial charge in [-0.2, -0.15) is 9.61 Å². The molecular formula is C27H19Cl2N3O2. The molecule has 0 saturated heterocycles. The maximum absolute atomic E-state index is 13.1. The van der Waals surface area contributed by atoms with Gasteiger partial charge >= 0.3 is 0 Å². The van der Waals surface area contributed by atoms with Gasteiger partial charge in [0.1, 0.15) is 17.1 Å². The maximum atomic E-state index is 13.1. The predicted octanol–water partition coefficient (Wildman–Crippen LogP) is 7.33. The molecule has 7 heteroatoms. The molecule has 0 amide bonds. The van der Waals surface area contributed by atoms with Crippen molar-refractivity contribution in [1.29, 1.82) is 0 Å². The molecule has 0 unspecified atom stereocenters. The van der Waals surface area contributed by atoms with Crippen molar-refractivity contribution < 1.29 is 4.74 Å². The third kappa shape index (κ3) is 3.87. The van der Waals surface area contributed by atoms with Crippen LogP contribution in [0.2, 0.25) is 10.0 Å². The third-order valence-electron chi connectivity index (χ3n) is 5.94. The first-order valence-electron chi connectivity index (χ1n) is 11.0. The summed E-state index contributed by atoms with van der Waals surface area (Å²) in [5.74, 6) is 1.76. The molecule has 5 nitrogen and oxygen atoms in total. The molecule has 0 aliphatic heterocycles. The van der Waals surface area contributed by atoms with Gasteiger partial charge in [0.2, 0.25) is 0 Å². The monoisotopic (exact) mass is 487 g/mol. The largest absolute Gasteiger partial charge is 0.457 e. The van der Waals surface area contributed by atoms with Gasteiger partial charge in [0.15, 0.2) is 0 Å². The molecule has 34 heavy (non-hydrogen) atoms. The summed E-state index contributed by atoms with van der Waals surface area (Å²) in [6.07, 6.45) is 2.11. The van der Waals surface area contributed by atoms with Crippen molar-refractivity contribution in [2.45, 2.75) is 18.8 Å². The van der Waals surface area contributed by atoms with E-state index >= 15 is 0 Å². The highest BCUT2D eigenvalue weighted by atomic mass is 35.5. The minimum absolute atomic E-state index is 0.202. The summed E-state index contributed by atoms with van der Waals surface area (Å²) in [7, 11) is 0. The second-order valence-electron chi connectivity index (χ2n) is 8.39. The Morgan fingerprint density at radius 2 is 1.65 bits per heavy atom. The summed E-state index contributed by atoms with van der Waals surface area (Å²) in [5.41, 5.74) is 4.62. The van der Waals surface area contributed by atoms with Gasteiger partial charge in [0, 0.05) is 23.1 Å². The number of H-pyrrole nitrogens is 1. The van der Waals surface area contributed by atoms with Crippen molar-refractivity contribution in [2.75, 3.05) is 0 Å². The number of benzene rings is 3. The Bertz CT molecular complexity index is 1590. The SMILES string of the molecule is O=c1cc(-c2cccc(Oc3ccccc3)c2)[nH]c2c(-c3ccc(Cl)c(Cl)c3)c(C3CC3)nn12. The number of nitrogens with one attached hydrogen (secondary N) is 1. The quantitative estimate of drug-likeness (QED) is 0.282. The van der Waals surface area contributed by atoms with Crippen LogP contribution in [0.4, 0.5) is 0 Å². The second kappa shape index (κ2) is 8.35. The first-order chi connectivity index (χ1) is 16.6. The lowest BCUT2D eigenvalue weighted by Gasteiger charge is -2.09. The summed E-state index contributed by atoms with van der Waals surface area (Å²) in [5, 5.41) is 5.63. The fraction of sp³-hybridized carbons (Fsp3) is 0.111. The number of halogens is 2. The molecule has 2 aromatic heterocycles. The molecule has 1 fully saturated rings. The van der Waals surface area contributed by atoms with Gasteiger partial charge in [-0.05, 0) is 54.8 Å². The Morgan fingerprint density at radius 3 is 2.41 bits per heavy atom. The van der Waals surface area contributed by atoms with Gasteiger partial charge in [0.25, 0.3) is 5.56 Å². The van der Waals surface area contributed by atoms with Crippen molar-refractivity contribution >= 4 is 28.8 Å². The number of para-hydroxylation sites is 1. The molecule has 0 bridgehead atoms. The molecule has 0 spiro atoms. The lowest BCUT2D eigenvalue weighted by molar-refractivity contribution is 0.483. The Hall–Kier alpha value is -3.54. The van der Waals surface area contributed by atoms with Gasteiger partial charge in [-0.3, -0.25) is 4.79 Å². The van der Waals surface area contributed by atoms with Crippen LogP contribution in [0.1, 0.15) is 24.5 Å². The second-order valence-corrected chi connectivity index (χ2v) is 9.20. The summed E-state index contributed by atoms with van der Waals surface area (Å²) < 4.78 is 7.43. The van der Waals surface area contributed by atoms with Crippen LogP contribution in [0, 0.1) is 0 Å². The van der Waals surface area contributed by atoms with Crippen molar-refractivity contribution in [3.8, 4) is 33.9 Å². The van der Waals surface area contributed by atoms with Crippen LogP contribution in [-0.4, -0.2) is 14.6 Å². The lowest BCUT2D eigenvalue weighted by atomic mass is 10.0. The van der Waals surface area contributed by atoms with Crippen LogP contribution < -0.4 is 10.3 Å². The van der Waals surface area contributed by atoms with Crippen molar-refractivity contribution in [1.82, 2.24) is 14.6 Å². The highest BCUT2D eigenvalue weighted by Crippen LogP contribution is 2.45. The van der Waals surface area contributed by atoms with E-state index in [0.717, 1.165) is 41.0 Å². The zero-order valence-corrected chi connectivity index (χ0v) is 19.5. The molecule has 1 aliphatic carbocycles. The number of ether oxygens (including phenoxy) is 1. The van der Waals surface area contributed by atoms with E-state index in [-0.39, 0.29) is 5.56 Å². The van der Waals surface area contributed by atoms with Crippen LogP contribution in [0.3, 0.4) is 0 Å². The minimum atomic E-state index is -0.202. The highest BCUT2D eigenvalue weighted by Gasteiger charge is 2.32. The molecule has 1 aliphatic rings. The average Bonchev–Trinajstić information content (AvgIpc) is 3.62. The Morgan fingerprint density at radius 1 is 0.853 bits per heavy atom. The molecule has 1 N–H and O–H groups in total. The summed E-state index contributed by atoms with van der Waals surface area (Å²) in [4.78, 5) is 16.6. The fourth-order valence-corrected chi connectivity index (χ4v) is 4.44. The Labute approximate surface area is 205 Å². The predicted molar refractivity (Wildman–Crippen MR) is 135 cm³/mol. The zero-order valence-electron chi connectivity index (χ0n) is 18.0. The van der Waals surface area contributed by atoms with Crippen LogP contribution in [0.5, 0.6) is 11.5 Å². The topological polar surface area (TPSA) is 59.4 Å². The van der Waals surface area contributed by atoms with Crippen LogP contribution in [0.25, 0.3) is 28.0 Å². The summed E-state index contributed by atoms with van der Waals surface area (Å²) in [6.45, 7) is 0. The number of aromatic nitrogens is 3. The van der Waals surface area contributed by atoms with Crippen molar-refractivity contribution in [3.63, 3.8) is 0 Å². The maximum Gasteiger partial charge on any atom is 0.274 e. The molecular weight excluding hydrogens is 469 g/mol. The van der Waals surface area contributed by atoms with Crippen molar-refractivity contribution in [3.05, 3.63) is 105 Å². The molecule has 0 radical (unpaired) electrons. The smallest absolute Gasteiger partial charge is 0.274 e. The summed E-state index contributed by atoms with van der Waals surface area (Å²) >= 11 is 12.5. The van der Waals surface area contributed by atoms with E-state index in [1.165, 1.54) is 4.52 Å². The fourth-order valence-electron chi connectivity index (χ4n) is 4.14. The van der Waals surface area contributed by atoms with E-state index in [1.807, 2.05) is 66.7 Å². The van der Waals surface area contributed by atoms with E-state index in [1.54, 1.807) is 12.1 Å². The standard InChI is InChI=1S/C27H19Cl2N3O2/c28-21-12-11-18(14-22(21)29)25-26(16-9-10-16)31-32-24(33)15-23(30-27(25)32)17-5-4-8-20(13-17)34-19-6-2-1-3-7-19/h1-8,11-16,30H,9-10H2. The van der Waals surface area contributed by atoms with E-state index < -0.39 is 0 Å². The molecule has 0 atom stereocenters. The third-order valence-corrected chi connectivity index (χ3v) is 6.68. The zero-order chi connectivity index (χ0) is 23.2. The van der Waals surface area contributed by atoms with Gasteiger partial charge in [-0.25, -0.2) is 0 Å². The molecule has 168 valence electrons. The number of hydrogen-bond acceptors (Lipinski definition) is 3. The van der Waals surface area contributed by atoms with E-state index in [0.29, 0.717) is 33.1 Å². The lowest BCUT2D eigenvalue weighted by Crippen LogP contribution is -2.14. The van der Waals surface area contributed by atoms with Gasteiger partial charge in [-0.15, -0.1) is 0 Å². The number of fused-ring (bicyclic) bond motifs is 1. The summed E-state index contributed by atoms with van der Waals surface area (Å²) in [6, 6.07) is 24.3. The minimum Gasteiger partial charge on any atom is -0.457 e. The molecule has 6 rings (SSSR count). The molecule has 1 saturated carbocycles. The van der Waals surface area contributed by atoms with E-state index in [9.17, 15) is 4.79 Å². The number of hydrogen-bond donors (Lipinski definition) is 1. The normalized spacial score (nSPS) is 13.4. The molecule has 2 heterocycles. The van der Waals surface area contributed by atoms with E-state index in [4.69, 9.17) is 27.9 Å². The number of nitrogens with zero attached hydrogens (tertiary/aromatic N) is 2. The van der Waals surface area contributed by atoms with Crippen molar-refractivity contribution in [2.24, 2.45) is 0 Å². The first-order valence-corrected chi connectivity index (χ1v) is 11.8. The van der Waals surface area contributed by atoms with E-state index in [2.05, 4.69) is 10.1 Å². The van der Waals surface area contributed by atoms with Gasteiger partial charge < -0.3 is 9.72 Å². The molecule has 5 aromatic rings. The van der Waals surface area contributed by atoms with Crippen LogP contribution >= 0.6 is 23.2 Å². The van der Waals surface area contributed by atoms with Gasteiger partial charge in [0.05, 0.1) is 21.4 Å². The Kier molecular flexibility index (Phi) is 5.16. The number of rotatable bonds is 5. The number of aromatic amines is 1. The Balaban J connectivity index is 1.49. The molecule has 3 aromatic carbocycles. The highest BCUT2D eigenvalue weighted by molar-refractivity contribution is 6.42. The van der Waals surface area contributed by atoms with Gasteiger partial charge in [-0.1, -0.05) is 59.6 Å². The van der Waals surface area contributed by atoms with Crippen LogP contribution in [-0.2, 0) is 0 Å².